The molecule has 1 atom stereocenters. The molecule has 0 aliphatic heterocycles. The van der Waals surface area contributed by atoms with E-state index in [0.29, 0.717) is 0 Å². The molecule has 10 heteroatoms. The number of aliphatic hydroxyl groups excluding tert-OH is 6. The van der Waals surface area contributed by atoms with Gasteiger partial charge in [-0.2, -0.15) is 0 Å². The quantitative estimate of drug-likeness (QED) is 0.188. The van der Waals surface area contributed by atoms with Gasteiger partial charge in [0, 0.05) is 26.1 Å². The maximum Gasteiger partial charge on any atom is 0.225 e. The molecule has 0 bridgehead atoms. The second-order valence-electron chi connectivity index (χ2n) is 5.03. The molecule has 0 rings (SSSR count). The van der Waals surface area contributed by atoms with Crippen LogP contribution in [0.15, 0.2) is 0 Å². The van der Waals surface area contributed by atoms with Crippen molar-refractivity contribution < 1.29 is 40.5 Å². The second kappa shape index (κ2) is 11.7. The summed E-state index contributed by atoms with van der Waals surface area (Å²) >= 11 is 0. The fraction of sp³-hybridized carbons (Fsp3) is 0.917. The summed E-state index contributed by atoms with van der Waals surface area (Å²) in [6.07, 6.45) is -0.219. The van der Waals surface area contributed by atoms with Gasteiger partial charge in [0.1, 0.15) is 0 Å². The standard InChI is InChI=1S/C8H17NO5.C4H11NO3/c9-7(13)6(5-12)8(14,1-3-10)2-4-11;5-4(1-6,2-7)3-8/h6,10-12,14H,1-5H2,(H2,9,13);6-8H,1-3,5H2. The van der Waals surface area contributed by atoms with Crippen LogP contribution >= 0.6 is 0 Å². The Morgan fingerprint density at radius 1 is 0.909 bits per heavy atom. The maximum atomic E-state index is 10.9. The van der Waals surface area contributed by atoms with Crippen LogP contribution in [-0.2, 0) is 4.79 Å². The number of rotatable bonds is 10. The van der Waals surface area contributed by atoms with Gasteiger partial charge in [0.05, 0.1) is 43.5 Å². The number of carbonyl (C=O) groups is 1. The average molecular weight is 328 g/mol. The van der Waals surface area contributed by atoms with Crippen molar-refractivity contribution in [3.63, 3.8) is 0 Å². The highest BCUT2D eigenvalue weighted by atomic mass is 16.3. The minimum Gasteiger partial charge on any atom is -0.396 e. The molecule has 22 heavy (non-hydrogen) atoms. The van der Waals surface area contributed by atoms with E-state index in [1.54, 1.807) is 0 Å². The number of nitrogens with two attached hydrogens (primary N) is 2. The minimum absolute atomic E-state index is 0.109. The van der Waals surface area contributed by atoms with E-state index in [-0.39, 0.29) is 26.1 Å². The van der Waals surface area contributed by atoms with Gasteiger partial charge < -0.3 is 47.2 Å². The van der Waals surface area contributed by atoms with Crippen LogP contribution in [-0.4, -0.2) is 92.4 Å². The summed E-state index contributed by atoms with van der Waals surface area (Å²) < 4.78 is 0. The molecule has 10 nitrogen and oxygen atoms in total. The number of primary amides is 1. The zero-order valence-corrected chi connectivity index (χ0v) is 12.4. The van der Waals surface area contributed by atoms with Gasteiger partial charge in [-0.25, -0.2) is 0 Å². The van der Waals surface area contributed by atoms with Crippen molar-refractivity contribution in [2.45, 2.75) is 24.0 Å². The lowest BCUT2D eigenvalue weighted by atomic mass is 9.82. The number of hydrogen-bond acceptors (Lipinski definition) is 9. The number of hydrogen-bond donors (Lipinski definition) is 9. The Hall–Kier alpha value is -0.850. The lowest BCUT2D eigenvalue weighted by Gasteiger charge is -2.32. The van der Waals surface area contributed by atoms with Crippen molar-refractivity contribution in [3.8, 4) is 0 Å². The topological polar surface area (TPSA) is 211 Å². The summed E-state index contributed by atoms with van der Waals surface area (Å²) in [4.78, 5) is 10.9. The van der Waals surface area contributed by atoms with Crippen LogP contribution in [0.1, 0.15) is 12.8 Å². The predicted octanol–water partition coefficient (Wildman–Crippen LogP) is -4.76. The van der Waals surface area contributed by atoms with E-state index in [4.69, 9.17) is 42.1 Å². The molecule has 1 unspecified atom stereocenters. The maximum absolute atomic E-state index is 10.9. The second-order valence-corrected chi connectivity index (χ2v) is 5.03. The number of amides is 1. The van der Waals surface area contributed by atoms with Crippen molar-refractivity contribution in [1.29, 1.82) is 0 Å². The lowest BCUT2D eigenvalue weighted by molar-refractivity contribution is -0.137. The highest BCUT2D eigenvalue weighted by Crippen LogP contribution is 2.24. The molecule has 0 aromatic carbocycles. The van der Waals surface area contributed by atoms with Gasteiger partial charge in [-0.05, 0) is 0 Å². The molecular weight excluding hydrogens is 300 g/mol. The molecule has 0 aromatic heterocycles. The molecule has 0 radical (unpaired) electrons. The summed E-state index contributed by atoms with van der Waals surface area (Å²) in [5, 5.41) is 61.1. The molecule has 0 aromatic rings. The van der Waals surface area contributed by atoms with Crippen molar-refractivity contribution in [2.75, 3.05) is 39.6 Å². The molecule has 0 aliphatic carbocycles. The molecule has 0 aliphatic rings. The summed E-state index contributed by atoms with van der Waals surface area (Å²) in [7, 11) is 0. The SMILES string of the molecule is NC(=O)C(CO)C(O)(CCO)CCO.NC(CO)(CO)CO. The van der Waals surface area contributed by atoms with Crippen LogP contribution in [0.4, 0.5) is 0 Å². The molecule has 1 amide bonds. The van der Waals surface area contributed by atoms with Crippen molar-refractivity contribution in [1.82, 2.24) is 0 Å². The summed E-state index contributed by atoms with van der Waals surface area (Å²) in [6, 6.07) is 0. The predicted molar refractivity (Wildman–Crippen MR) is 76.3 cm³/mol. The van der Waals surface area contributed by atoms with Crippen LogP contribution in [0.3, 0.4) is 0 Å². The van der Waals surface area contributed by atoms with E-state index in [0.717, 1.165) is 0 Å². The van der Waals surface area contributed by atoms with E-state index >= 15 is 0 Å². The Balaban J connectivity index is 0. The third-order valence-corrected chi connectivity index (χ3v) is 3.21. The van der Waals surface area contributed by atoms with Crippen molar-refractivity contribution in [2.24, 2.45) is 17.4 Å². The molecule has 0 heterocycles. The summed E-state index contributed by atoms with van der Waals surface area (Å²) in [5.74, 6) is -2.02. The van der Waals surface area contributed by atoms with Crippen LogP contribution in [0.5, 0.6) is 0 Å². The first-order valence-electron chi connectivity index (χ1n) is 6.66. The smallest absolute Gasteiger partial charge is 0.225 e. The van der Waals surface area contributed by atoms with Crippen LogP contribution in [0.2, 0.25) is 0 Å². The van der Waals surface area contributed by atoms with E-state index < -0.39 is 49.4 Å². The fourth-order valence-corrected chi connectivity index (χ4v) is 1.54. The highest BCUT2D eigenvalue weighted by Gasteiger charge is 2.39. The summed E-state index contributed by atoms with van der Waals surface area (Å²) in [5.41, 5.74) is 7.27. The van der Waals surface area contributed by atoms with Gasteiger partial charge in [-0.3, -0.25) is 4.79 Å². The Kier molecular flexibility index (Phi) is 12.4. The van der Waals surface area contributed by atoms with Crippen molar-refractivity contribution >= 4 is 5.91 Å². The molecule has 0 saturated carbocycles. The monoisotopic (exact) mass is 328 g/mol. The van der Waals surface area contributed by atoms with E-state index in [1.807, 2.05) is 0 Å². The van der Waals surface area contributed by atoms with Crippen LogP contribution in [0.25, 0.3) is 0 Å². The molecule has 11 N–H and O–H groups in total. The van der Waals surface area contributed by atoms with Gasteiger partial charge >= 0.3 is 0 Å². The Labute approximate surface area is 128 Å². The van der Waals surface area contributed by atoms with Gasteiger partial charge in [-0.1, -0.05) is 0 Å². The normalized spacial score (nSPS) is 13.3. The first-order chi connectivity index (χ1) is 10.2. The molecule has 134 valence electrons. The van der Waals surface area contributed by atoms with E-state index in [9.17, 15) is 9.90 Å². The molecule has 0 fully saturated rings. The van der Waals surface area contributed by atoms with Gasteiger partial charge in [0.15, 0.2) is 0 Å². The van der Waals surface area contributed by atoms with Gasteiger partial charge in [0.25, 0.3) is 0 Å². The van der Waals surface area contributed by atoms with Crippen LogP contribution in [0, 0.1) is 5.92 Å². The third-order valence-electron chi connectivity index (χ3n) is 3.21. The Morgan fingerprint density at radius 3 is 1.41 bits per heavy atom. The lowest BCUT2D eigenvalue weighted by Crippen LogP contribution is -2.50. The zero-order chi connectivity index (χ0) is 17.8. The molecular formula is C12H28N2O8. The zero-order valence-electron chi connectivity index (χ0n) is 12.4. The van der Waals surface area contributed by atoms with Crippen molar-refractivity contribution in [3.05, 3.63) is 0 Å². The minimum atomic E-state index is -1.63. The first-order valence-corrected chi connectivity index (χ1v) is 6.66. The fourth-order valence-electron chi connectivity index (χ4n) is 1.54. The Bertz CT molecular complexity index is 285. The molecule has 0 saturated heterocycles. The van der Waals surface area contributed by atoms with E-state index in [2.05, 4.69) is 0 Å². The van der Waals surface area contributed by atoms with Gasteiger partial charge in [0.2, 0.25) is 5.91 Å². The average Bonchev–Trinajstić information content (AvgIpc) is 2.47. The van der Waals surface area contributed by atoms with Crippen LogP contribution < -0.4 is 11.5 Å². The Morgan fingerprint density at radius 2 is 1.27 bits per heavy atom. The van der Waals surface area contributed by atoms with Gasteiger partial charge in [-0.15, -0.1) is 0 Å². The highest BCUT2D eigenvalue weighted by molar-refractivity contribution is 5.78. The number of carbonyl (C=O) groups excluding carboxylic acids is 1. The van der Waals surface area contributed by atoms with E-state index in [1.165, 1.54) is 0 Å². The molecule has 0 spiro atoms. The first kappa shape index (κ1) is 23.4. The largest absolute Gasteiger partial charge is 0.396 e. The summed E-state index contributed by atoms with van der Waals surface area (Å²) in [6.45, 7) is -2.51. The third kappa shape index (κ3) is 7.96. The number of aliphatic hydroxyl groups is 7.